The van der Waals surface area contributed by atoms with Crippen molar-refractivity contribution in [3.63, 3.8) is 0 Å². The summed E-state index contributed by atoms with van der Waals surface area (Å²) in [5.41, 5.74) is 1.16. The largest absolute Gasteiger partial charge is 0.497 e. The van der Waals surface area contributed by atoms with Crippen molar-refractivity contribution in [2.24, 2.45) is 7.05 Å². The molecule has 0 radical (unpaired) electrons. The van der Waals surface area contributed by atoms with Crippen LogP contribution < -0.4 is 14.8 Å². The van der Waals surface area contributed by atoms with Crippen molar-refractivity contribution in [3.8, 4) is 11.5 Å². The monoisotopic (exact) mass is 309 g/mol. The molecule has 0 saturated carbocycles. The zero-order valence-corrected chi connectivity index (χ0v) is 12.8. The summed E-state index contributed by atoms with van der Waals surface area (Å²) in [6, 6.07) is 5.01. The molecule has 1 heterocycles. The van der Waals surface area contributed by atoms with Crippen LogP contribution in [0.2, 0.25) is 5.02 Å². The summed E-state index contributed by atoms with van der Waals surface area (Å²) in [5, 5.41) is 7.32. The minimum absolute atomic E-state index is 0.258. The summed E-state index contributed by atoms with van der Waals surface area (Å²) in [4.78, 5) is 12.2. The van der Waals surface area contributed by atoms with Crippen LogP contribution in [0.1, 0.15) is 16.1 Å². The molecule has 112 valence electrons. The van der Waals surface area contributed by atoms with E-state index in [1.54, 1.807) is 37.0 Å². The number of rotatable bonds is 5. The van der Waals surface area contributed by atoms with Gasteiger partial charge in [0.2, 0.25) is 0 Å². The second kappa shape index (κ2) is 6.49. The third kappa shape index (κ3) is 3.28. The van der Waals surface area contributed by atoms with E-state index in [4.69, 9.17) is 21.1 Å². The molecule has 1 aromatic heterocycles. The van der Waals surface area contributed by atoms with Crippen LogP contribution in [-0.4, -0.2) is 29.9 Å². The number of ether oxygens (including phenoxy) is 2. The fraction of sp³-hybridized carbons (Fsp3) is 0.286. The molecule has 21 heavy (non-hydrogen) atoms. The SMILES string of the molecule is COc1ccc(C(=O)NCc2c(Cl)cnn2C)c(OC)c1. The summed E-state index contributed by atoms with van der Waals surface area (Å²) >= 11 is 6.00. The van der Waals surface area contributed by atoms with Crippen LogP contribution in [0.3, 0.4) is 0 Å². The Balaban J connectivity index is 2.13. The quantitative estimate of drug-likeness (QED) is 0.917. The Hall–Kier alpha value is -2.21. The van der Waals surface area contributed by atoms with E-state index in [2.05, 4.69) is 10.4 Å². The van der Waals surface area contributed by atoms with Crippen LogP contribution in [0.5, 0.6) is 11.5 Å². The molecule has 6 nitrogen and oxygen atoms in total. The predicted octanol–water partition coefficient (Wildman–Crippen LogP) is 2.02. The van der Waals surface area contributed by atoms with E-state index in [9.17, 15) is 4.79 Å². The van der Waals surface area contributed by atoms with Gasteiger partial charge in [-0.3, -0.25) is 9.48 Å². The predicted molar refractivity (Wildman–Crippen MR) is 78.9 cm³/mol. The van der Waals surface area contributed by atoms with Gasteiger partial charge in [0.15, 0.2) is 0 Å². The average molecular weight is 310 g/mol. The van der Waals surface area contributed by atoms with E-state index >= 15 is 0 Å². The number of methoxy groups -OCH3 is 2. The van der Waals surface area contributed by atoms with E-state index < -0.39 is 0 Å². The van der Waals surface area contributed by atoms with E-state index in [0.717, 1.165) is 5.69 Å². The fourth-order valence-corrected chi connectivity index (χ4v) is 2.11. The summed E-state index contributed by atoms with van der Waals surface area (Å²) in [6.45, 7) is 0.281. The summed E-state index contributed by atoms with van der Waals surface area (Å²) < 4.78 is 11.9. The van der Waals surface area contributed by atoms with Gasteiger partial charge in [0.1, 0.15) is 11.5 Å². The first-order valence-corrected chi connectivity index (χ1v) is 6.61. The highest BCUT2D eigenvalue weighted by Gasteiger charge is 2.14. The lowest BCUT2D eigenvalue weighted by atomic mass is 10.1. The molecule has 0 aliphatic rings. The second-order valence-electron chi connectivity index (χ2n) is 4.31. The van der Waals surface area contributed by atoms with E-state index in [-0.39, 0.29) is 12.5 Å². The van der Waals surface area contributed by atoms with Gasteiger partial charge >= 0.3 is 0 Å². The number of aromatic nitrogens is 2. The highest BCUT2D eigenvalue weighted by Crippen LogP contribution is 2.24. The van der Waals surface area contributed by atoms with Crippen molar-refractivity contribution in [2.45, 2.75) is 6.54 Å². The van der Waals surface area contributed by atoms with E-state index in [1.807, 2.05) is 0 Å². The Morgan fingerprint density at radius 1 is 1.38 bits per heavy atom. The number of carbonyl (C=O) groups excluding carboxylic acids is 1. The molecule has 0 bridgehead atoms. The van der Waals surface area contributed by atoms with Crippen LogP contribution >= 0.6 is 11.6 Å². The molecule has 7 heteroatoms. The lowest BCUT2D eigenvalue weighted by Gasteiger charge is -2.11. The first-order valence-electron chi connectivity index (χ1n) is 6.23. The van der Waals surface area contributed by atoms with Crippen LogP contribution in [0.4, 0.5) is 0 Å². The Bertz CT molecular complexity index is 635. The molecule has 1 aromatic carbocycles. The maximum absolute atomic E-state index is 12.2. The van der Waals surface area contributed by atoms with Crippen molar-refractivity contribution in [1.82, 2.24) is 15.1 Å². The first-order chi connectivity index (χ1) is 10.1. The topological polar surface area (TPSA) is 65.4 Å². The van der Waals surface area contributed by atoms with Crippen LogP contribution in [-0.2, 0) is 13.6 Å². The lowest BCUT2D eigenvalue weighted by molar-refractivity contribution is 0.0947. The van der Waals surface area contributed by atoms with Crippen LogP contribution in [0.25, 0.3) is 0 Å². The molecule has 1 N–H and O–H groups in total. The number of hydrogen-bond donors (Lipinski definition) is 1. The number of hydrogen-bond acceptors (Lipinski definition) is 4. The third-order valence-electron chi connectivity index (χ3n) is 3.08. The molecule has 1 amide bonds. The summed E-state index contributed by atoms with van der Waals surface area (Å²) in [6.07, 6.45) is 1.54. The zero-order chi connectivity index (χ0) is 15.4. The second-order valence-corrected chi connectivity index (χ2v) is 4.72. The normalized spacial score (nSPS) is 10.3. The molecular weight excluding hydrogens is 294 g/mol. The van der Waals surface area contributed by atoms with Crippen molar-refractivity contribution in [1.29, 1.82) is 0 Å². The number of amides is 1. The highest BCUT2D eigenvalue weighted by molar-refractivity contribution is 6.31. The van der Waals surface area contributed by atoms with Crippen molar-refractivity contribution >= 4 is 17.5 Å². The number of nitrogens with one attached hydrogen (secondary N) is 1. The Morgan fingerprint density at radius 3 is 2.71 bits per heavy atom. The molecule has 0 atom stereocenters. The third-order valence-corrected chi connectivity index (χ3v) is 3.40. The Kier molecular flexibility index (Phi) is 4.70. The first kappa shape index (κ1) is 15.2. The fourth-order valence-electron chi connectivity index (χ4n) is 1.88. The minimum atomic E-state index is -0.258. The average Bonchev–Trinajstić information content (AvgIpc) is 2.82. The van der Waals surface area contributed by atoms with Gasteiger partial charge in [0.25, 0.3) is 5.91 Å². The van der Waals surface area contributed by atoms with Gasteiger partial charge in [0, 0.05) is 13.1 Å². The zero-order valence-electron chi connectivity index (χ0n) is 12.0. The summed E-state index contributed by atoms with van der Waals surface area (Å²) in [7, 11) is 4.82. The Morgan fingerprint density at radius 2 is 2.14 bits per heavy atom. The van der Waals surface area contributed by atoms with Crippen molar-refractivity contribution in [2.75, 3.05) is 14.2 Å². The summed E-state index contributed by atoms with van der Waals surface area (Å²) in [5.74, 6) is 0.813. The van der Waals surface area contributed by atoms with Gasteiger partial charge in [-0.2, -0.15) is 5.10 Å². The van der Waals surface area contributed by atoms with Gasteiger partial charge in [-0.05, 0) is 12.1 Å². The molecule has 0 aliphatic heterocycles. The maximum Gasteiger partial charge on any atom is 0.255 e. The number of benzene rings is 1. The van der Waals surface area contributed by atoms with Gasteiger partial charge < -0.3 is 14.8 Å². The molecule has 2 rings (SSSR count). The molecule has 0 unspecified atom stereocenters. The van der Waals surface area contributed by atoms with Crippen molar-refractivity contribution in [3.05, 3.63) is 40.7 Å². The van der Waals surface area contributed by atoms with E-state index in [1.165, 1.54) is 13.3 Å². The van der Waals surface area contributed by atoms with E-state index in [0.29, 0.717) is 22.1 Å². The van der Waals surface area contributed by atoms with Gasteiger partial charge in [0.05, 0.1) is 43.2 Å². The number of carbonyl (C=O) groups is 1. The number of aryl methyl sites for hydroxylation is 1. The van der Waals surface area contributed by atoms with Crippen LogP contribution in [0, 0.1) is 0 Å². The molecule has 0 fully saturated rings. The van der Waals surface area contributed by atoms with Gasteiger partial charge in [-0.25, -0.2) is 0 Å². The molecule has 0 saturated heterocycles. The number of halogens is 1. The molecule has 2 aromatic rings. The van der Waals surface area contributed by atoms with Crippen LogP contribution in [0.15, 0.2) is 24.4 Å². The van der Waals surface area contributed by atoms with Gasteiger partial charge in [-0.15, -0.1) is 0 Å². The molecule has 0 aliphatic carbocycles. The smallest absolute Gasteiger partial charge is 0.255 e. The minimum Gasteiger partial charge on any atom is -0.497 e. The maximum atomic E-state index is 12.2. The van der Waals surface area contributed by atoms with Crippen molar-refractivity contribution < 1.29 is 14.3 Å². The standard InChI is InChI=1S/C14H16ClN3O3/c1-18-12(11(15)7-17-18)8-16-14(19)10-5-4-9(20-2)6-13(10)21-3/h4-7H,8H2,1-3H3,(H,16,19). The lowest BCUT2D eigenvalue weighted by Crippen LogP contribution is -2.24. The highest BCUT2D eigenvalue weighted by atomic mass is 35.5. The Labute approximate surface area is 127 Å². The number of nitrogens with zero attached hydrogens (tertiary/aromatic N) is 2. The molecule has 0 spiro atoms. The van der Waals surface area contributed by atoms with Gasteiger partial charge in [-0.1, -0.05) is 11.6 Å². The molecular formula is C14H16ClN3O3.